The minimum atomic E-state index is 0.361. The van der Waals surface area contributed by atoms with E-state index in [0.29, 0.717) is 33.1 Å². The van der Waals surface area contributed by atoms with Crippen LogP contribution in [0.25, 0.3) is 0 Å². The molecule has 1 N–H and O–H groups in total. The second kappa shape index (κ2) is 6.46. The minimum absolute atomic E-state index is 0.361. The molecule has 0 spiro atoms. The van der Waals surface area contributed by atoms with Gasteiger partial charge in [0.05, 0.1) is 24.4 Å². The molecule has 0 fully saturated rings. The molecule has 0 aliphatic rings. The molecule has 5 nitrogen and oxygen atoms in total. The maximum absolute atomic E-state index is 8.88. The summed E-state index contributed by atoms with van der Waals surface area (Å²) < 4.78 is 5.25. The van der Waals surface area contributed by atoms with Crippen LogP contribution in [-0.2, 0) is 0 Å². The Morgan fingerprint density at radius 2 is 2.15 bits per heavy atom. The predicted octanol–water partition coefficient (Wildman–Crippen LogP) is 3.48. The second-order valence-corrected chi connectivity index (χ2v) is 4.88. The number of anilines is 2. The normalized spacial score (nSPS) is 9.90. The van der Waals surface area contributed by atoms with Gasteiger partial charge in [-0.3, -0.25) is 0 Å². The zero-order chi connectivity index (χ0) is 14.5. The van der Waals surface area contributed by atoms with E-state index in [0.717, 1.165) is 0 Å². The van der Waals surface area contributed by atoms with Crippen LogP contribution in [0.15, 0.2) is 29.4 Å². The Hall–Kier alpha value is -1.97. The molecular weight excluding hydrogens is 296 g/mol. The summed E-state index contributed by atoms with van der Waals surface area (Å²) in [5, 5.41) is 12.9. The third kappa shape index (κ3) is 3.32. The van der Waals surface area contributed by atoms with Crippen LogP contribution in [0.2, 0.25) is 5.15 Å². The number of hydrogen-bond donors (Lipinski definition) is 1. The molecule has 2 rings (SSSR count). The van der Waals surface area contributed by atoms with Crippen molar-refractivity contribution in [3.05, 3.63) is 35.0 Å². The molecule has 7 heteroatoms. The monoisotopic (exact) mass is 306 g/mol. The summed E-state index contributed by atoms with van der Waals surface area (Å²) in [6.45, 7) is 0. The molecule has 20 heavy (non-hydrogen) atoms. The lowest BCUT2D eigenvalue weighted by molar-refractivity contribution is 0.416. The summed E-state index contributed by atoms with van der Waals surface area (Å²) >= 11 is 7.34. The molecule has 0 bridgehead atoms. The van der Waals surface area contributed by atoms with Crippen molar-refractivity contribution in [3.63, 3.8) is 0 Å². The zero-order valence-electron chi connectivity index (χ0n) is 10.8. The summed E-state index contributed by atoms with van der Waals surface area (Å²) in [4.78, 5) is 8.37. The van der Waals surface area contributed by atoms with Crippen LogP contribution < -0.4 is 10.1 Å². The van der Waals surface area contributed by atoms with Gasteiger partial charge >= 0.3 is 0 Å². The highest BCUT2D eigenvalue weighted by atomic mass is 35.5. The molecule has 0 radical (unpaired) electrons. The van der Waals surface area contributed by atoms with Crippen LogP contribution in [-0.4, -0.2) is 23.3 Å². The van der Waals surface area contributed by atoms with Crippen LogP contribution in [0.3, 0.4) is 0 Å². The lowest BCUT2D eigenvalue weighted by Gasteiger charge is -2.11. The van der Waals surface area contributed by atoms with Crippen LogP contribution in [0.1, 0.15) is 5.56 Å². The predicted molar refractivity (Wildman–Crippen MR) is 79.8 cm³/mol. The molecule has 0 aliphatic heterocycles. The number of nitrogens with one attached hydrogen (secondary N) is 1. The van der Waals surface area contributed by atoms with E-state index in [2.05, 4.69) is 21.4 Å². The Bertz CT molecular complexity index is 672. The molecule has 0 amide bonds. The quantitative estimate of drug-likeness (QED) is 0.530. The first-order valence-electron chi connectivity index (χ1n) is 5.60. The number of thioether (sulfide) groups is 1. The number of aromatic nitrogens is 2. The van der Waals surface area contributed by atoms with Crippen molar-refractivity contribution >= 4 is 34.9 Å². The molecule has 0 atom stereocenters. The highest BCUT2D eigenvalue weighted by Crippen LogP contribution is 2.29. The van der Waals surface area contributed by atoms with Crippen LogP contribution in [0.5, 0.6) is 5.75 Å². The first-order valence-corrected chi connectivity index (χ1v) is 7.20. The van der Waals surface area contributed by atoms with E-state index < -0.39 is 0 Å². The summed E-state index contributed by atoms with van der Waals surface area (Å²) in [5.41, 5.74) is 1.23. The molecule has 1 aromatic carbocycles. The van der Waals surface area contributed by atoms with E-state index in [-0.39, 0.29) is 0 Å². The molecular formula is C13H11ClN4OS. The van der Waals surface area contributed by atoms with Crippen molar-refractivity contribution in [2.24, 2.45) is 0 Å². The molecule has 102 valence electrons. The van der Waals surface area contributed by atoms with Crippen LogP contribution >= 0.6 is 23.4 Å². The number of nitrogens with zero attached hydrogens (tertiary/aromatic N) is 3. The Kier molecular flexibility index (Phi) is 4.66. The lowest BCUT2D eigenvalue weighted by Crippen LogP contribution is -1.99. The molecule has 0 saturated carbocycles. The van der Waals surface area contributed by atoms with Crippen molar-refractivity contribution in [1.82, 2.24) is 9.97 Å². The standard InChI is InChI=1S/C13H11ClN4OS/c1-19-10-5-8(7-15)3-4-9(10)16-12-6-11(14)17-13(18-12)20-2/h3-6H,1-2H3,(H,16,17,18). The number of rotatable bonds is 4. The molecule has 0 saturated heterocycles. The first kappa shape index (κ1) is 14.4. The number of nitriles is 1. The van der Waals surface area contributed by atoms with Gasteiger partial charge in [0.2, 0.25) is 0 Å². The number of ether oxygens (including phenoxy) is 1. The number of benzene rings is 1. The third-order valence-electron chi connectivity index (χ3n) is 2.45. The van der Waals surface area contributed by atoms with Crippen LogP contribution in [0.4, 0.5) is 11.5 Å². The smallest absolute Gasteiger partial charge is 0.190 e. The Morgan fingerprint density at radius 3 is 2.80 bits per heavy atom. The van der Waals surface area contributed by atoms with Gasteiger partial charge in [0.25, 0.3) is 0 Å². The zero-order valence-corrected chi connectivity index (χ0v) is 12.4. The average molecular weight is 307 g/mol. The number of halogens is 1. The number of hydrogen-bond acceptors (Lipinski definition) is 6. The van der Waals surface area contributed by atoms with E-state index in [1.54, 1.807) is 31.4 Å². The largest absolute Gasteiger partial charge is 0.495 e. The van der Waals surface area contributed by atoms with E-state index in [9.17, 15) is 0 Å². The summed E-state index contributed by atoms with van der Waals surface area (Å²) in [7, 11) is 1.54. The van der Waals surface area contributed by atoms with Crippen molar-refractivity contribution in [2.45, 2.75) is 5.16 Å². The maximum Gasteiger partial charge on any atom is 0.190 e. The van der Waals surface area contributed by atoms with E-state index >= 15 is 0 Å². The highest BCUT2D eigenvalue weighted by Gasteiger charge is 2.08. The van der Waals surface area contributed by atoms with Gasteiger partial charge in [-0.2, -0.15) is 5.26 Å². The summed E-state index contributed by atoms with van der Waals surface area (Å²) in [6, 6.07) is 8.79. The molecule has 0 unspecified atom stereocenters. The van der Waals surface area contributed by atoms with Gasteiger partial charge in [0.15, 0.2) is 5.16 Å². The minimum Gasteiger partial charge on any atom is -0.495 e. The first-order chi connectivity index (χ1) is 9.66. The Morgan fingerprint density at radius 1 is 1.35 bits per heavy atom. The van der Waals surface area contributed by atoms with Gasteiger partial charge in [-0.25, -0.2) is 9.97 Å². The summed E-state index contributed by atoms with van der Waals surface area (Å²) in [5.74, 6) is 1.13. The average Bonchev–Trinajstić information content (AvgIpc) is 2.47. The maximum atomic E-state index is 8.88. The van der Waals surface area contributed by atoms with Gasteiger partial charge in [-0.1, -0.05) is 23.4 Å². The fraction of sp³-hybridized carbons (Fsp3) is 0.154. The fourth-order valence-electron chi connectivity index (χ4n) is 1.55. The van der Waals surface area contributed by atoms with Crippen LogP contribution in [0, 0.1) is 11.3 Å². The summed E-state index contributed by atoms with van der Waals surface area (Å²) in [6.07, 6.45) is 1.87. The molecule has 2 aromatic rings. The van der Waals surface area contributed by atoms with Crippen molar-refractivity contribution in [1.29, 1.82) is 5.26 Å². The van der Waals surface area contributed by atoms with Gasteiger partial charge in [-0.05, 0) is 18.4 Å². The molecule has 1 aromatic heterocycles. The van der Waals surface area contributed by atoms with Crippen molar-refractivity contribution in [3.8, 4) is 11.8 Å². The highest BCUT2D eigenvalue weighted by molar-refractivity contribution is 7.98. The topological polar surface area (TPSA) is 70.8 Å². The van der Waals surface area contributed by atoms with Crippen molar-refractivity contribution < 1.29 is 4.74 Å². The van der Waals surface area contributed by atoms with E-state index in [4.69, 9.17) is 21.6 Å². The fourth-order valence-corrected chi connectivity index (χ4v) is 2.17. The van der Waals surface area contributed by atoms with E-state index in [1.807, 2.05) is 6.26 Å². The second-order valence-electron chi connectivity index (χ2n) is 3.71. The van der Waals surface area contributed by atoms with E-state index in [1.165, 1.54) is 11.8 Å². The molecule has 1 heterocycles. The van der Waals surface area contributed by atoms with Gasteiger partial charge < -0.3 is 10.1 Å². The Labute approximate surface area is 126 Å². The Balaban J connectivity index is 2.34. The third-order valence-corrected chi connectivity index (χ3v) is 3.19. The molecule has 0 aliphatic carbocycles. The lowest BCUT2D eigenvalue weighted by atomic mass is 10.2. The SMILES string of the molecule is COc1cc(C#N)ccc1Nc1cc(Cl)nc(SC)n1. The van der Waals surface area contributed by atoms with Gasteiger partial charge in [0.1, 0.15) is 16.7 Å². The van der Waals surface area contributed by atoms with Gasteiger partial charge in [-0.15, -0.1) is 0 Å². The van der Waals surface area contributed by atoms with Crippen molar-refractivity contribution in [2.75, 3.05) is 18.7 Å². The van der Waals surface area contributed by atoms with Gasteiger partial charge in [0, 0.05) is 12.1 Å². The number of methoxy groups -OCH3 is 1.